The molecule has 104 valence electrons. The smallest absolute Gasteiger partial charge is 0.227 e. The molecule has 0 aromatic heterocycles. The molecule has 1 aromatic rings. The van der Waals surface area contributed by atoms with Crippen LogP contribution in [-0.2, 0) is 11.2 Å². The van der Waals surface area contributed by atoms with Crippen molar-refractivity contribution < 1.29 is 4.79 Å². The number of nitrogens with zero attached hydrogens (tertiary/aromatic N) is 1. The Labute approximate surface area is 116 Å². The molecule has 0 radical (unpaired) electrons. The summed E-state index contributed by atoms with van der Waals surface area (Å²) in [5, 5.41) is 3.46. The summed E-state index contributed by atoms with van der Waals surface area (Å²) in [6, 6.07) is 8.63. The summed E-state index contributed by atoms with van der Waals surface area (Å²) in [6.07, 6.45) is 2.94. The summed E-state index contributed by atoms with van der Waals surface area (Å²) >= 11 is 0. The molecule has 0 spiro atoms. The first-order valence-corrected chi connectivity index (χ1v) is 7.26. The number of likely N-dealkylation sites (N-methyl/N-ethyl adjacent to an activating group) is 1. The van der Waals surface area contributed by atoms with Crippen LogP contribution in [0.5, 0.6) is 0 Å². The van der Waals surface area contributed by atoms with Crippen LogP contribution in [0.25, 0.3) is 0 Å². The third-order valence-corrected chi connectivity index (χ3v) is 3.94. The Hall–Kier alpha value is -1.35. The first kappa shape index (κ1) is 14.1. The highest BCUT2D eigenvalue weighted by Crippen LogP contribution is 2.11. The molecule has 1 aliphatic rings. The molecule has 1 amide bonds. The second-order valence-electron chi connectivity index (χ2n) is 5.33. The van der Waals surface area contributed by atoms with Crippen molar-refractivity contribution in [2.24, 2.45) is 0 Å². The van der Waals surface area contributed by atoms with Gasteiger partial charge in [-0.15, -0.1) is 0 Å². The van der Waals surface area contributed by atoms with Crippen LogP contribution in [0.3, 0.4) is 0 Å². The molecule has 1 heterocycles. The molecule has 1 aliphatic heterocycles. The predicted molar refractivity (Wildman–Crippen MR) is 78.2 cm³/mol. The molecule has 3 heteroatoms. The zero-order chi connectivity index (χ0) is 13.7. The summed E-state index contributed by atoms with van der Waals surface area (Å²) in [6.45, 7) is 6.86. The van der Waals surface area contributed by atoms with E-state index in [-0.39, 0.29) is 5.91 Å². The maximum absolute atomic E-state index is 12.4. The fourth-order valence-electron chi connectivity index (χ4n) is 2.67. The van der Waals surface area contributed by atoms with Gasteiger partial charge in [0.1, 0.15) is 0 Å². The van der Waals surface area contributed by atoms with Crippen molar-refractivity contribution in [2.45, 2.75) is 39.2 Å². The molecule has 0 saturated carbocycles. The molecule has 1 saturated heterocycles. The fourth-order valence-corrected chi connectivity index (χ4v) is 2.67. The molecule has 1 atom stereocenters. The number of carbonyl (C=O) groups excluding carboxylic acids is 1. The predicted octanol–water partition coefficient (Wildman–Crippen LogP) is 2.14. The second kappa shape index (κ2) is 6.71. The van der Waals surface area contributed by atoms with Crippen LogP contribution in [0, 0.1) is 6.92 Å². The minimum absolute atomic E-state index is 0.241. The normalized spacial score (nSPS) is 18.5. The zero-order valence-corrected chi connectivity index (χ0v) is 12.0. The molecule has 3 nitrogen and oxygen atoms in total. The number of benzene rings is 1. The van der Waals surface area contributed by atoms with Crippen molar-refractivity contribution in [3.05, 3.63) is 35.4 Å². The molecule has 1 N–H and O–H groups in total. The van der Waals surface area contributed by atoms with E-state index in [9.17, 15) is 4.79 Å². The summed E-state index contributed by atoms with van der Waals surface area (Å²) in [5.41, 5.74) is 2.34. The summed E-state index contributed by atoms with van der Waals surface area (Å²) in [4.78, 5) is 14.4. The molecule has 19 heavy (non-hydrogen) atoms. The minimum Gasteiger partial charge on any atom is -0.341 e. The van der Waals surface area contributed by atoms with E-state index in [2.05, 4.69) is 31.3 Å². The van der Waals surface area contributed by atoms with Gasteiger partial charge in [-0.25, -0.2) is 0 Å². The van der Waals surface area contributed by atoms with Crippen LogP contribution < -0.4 is 5.32 Å². The fraction of sp³-hybridized carbons (Fsp3) is 0.562. The van der Waals surface area contributed by atoms with Gasteiger partial charge in [-0.05, 0) is 44.4 Å². The molecule has 1 aromatic carbocycles. The third kappa shape index (κ3) is 3.80. The van der Waals surface area contributed by atoms with Gasteiger partial charge in [0.2, 0.25) is 5.91 Å². The third-order valence-electron chi connectivity index (χ3n) is 3.94. The van der Waals surface area contributed by atoms with Crippen molar-refractivity contribution in [3.8, 4) is 0 Å². The number of nitrogens with one attached hydrogen (secondary N) is 1. The number of rotatable bonds is 5. The highest BCUT2D eigenvalue weighted by molar-refractivity contribution is 5.79. The topological polar surface area (TPSA) is 32.3 Å². The van der Waals surface area contributed by atoms with Crippen molar-refractivity contribution in [1.29, 1.82) is 0 Å². The lowest BCUT2D eigenvalue weighted by Gasteiger charge is -2.25. The van der Waals surface area contributed by atoms with Gasteiger partial charge in [0.15, 0.2) is 0 Å². The molecular weight excluding hydrogens is 236 g/mol. The van der Waals surface area contributed by atoms with E-state index in [4.69, 9.17) is 0 Å². The number of aryl methyl sites for hydroxylation is 1. The number of amides is 1. The van der Waals surface area contributed by atoms with E-state index in [1.807, 2.05) is 17.0 Å². The Morgan fingerprint density at radius 1 is 1.42 bits per heavy atom. The standard InChI is InChI=1S/C16H24N2O/c1-3-18(12-15-9-6-10-17-15)16(19)11-14-8-5-4-7-13(14)2/h4-5,7-8,15,17H,3,6,9-12H2,1-2H3. The average Bonchev–Trinajstić information content (AvgIpc) is 2.91. The number of carbonyl (C=O) groups is 1. The lowest BCUT2D eigenvalue weighted by molar-refractivity contribution is -0.130. The Balaban J connectivity index is 1.94. The van der Waals surface area contributed by atoms with Crippen molar-refractivity contribution in [3.63, 3.8) is 0 Å². The molecule has 2 rings (SSSR count). The van der Waals surface area contributed by atoms with Gasteiger partial charge in [-0.2, -0.15) is 0 Å². The maximum atomic E-state index is 12.4. The molecule has 1 fully saturated rings. The minimum atomic E-state index is 0.241. The van der Waals surface area contributed by atoms with E-state index < -0.39 is 0 Å². The monoisotopic (exact) mass is 260 g/mol. The van der Waals surface area contributed by atoms with Crippen molar-refractivity contribution in [2.75, 3.05) is 19.6 Å². The Kier molecular flexibility index (Phi) is 4.97. The average molecular weight is 260 g/mol. The quantitative estimate of drug-likeness (QED) is 0.879. The molecule has 0 bridgehead atoms. The van der Waals surface area contributed by atoms with Gasteiger partial charge in [0, 0.05) is 19.1 Å². The van der Waals surface area contributed by atoms with Gasteiger partial charge >= 0.3 is 0 Å². The van der Waals surface area contributed by atoms with Crippen molar-refractivity contribution >= 4 is 5.91 Å². The van der Waals surface area contributed by atoms with Gasteiger partial charge < -0.3 is 10.2 Å². The largest absolute Gasteiger partial charge is 0.341 e. The molecule has 1 unspecified atom stereocenters. The Morgan fingerprint density at radius 3 is 2.84 bits per heavy atom. The first-order chi connectivity index (χ1) is 9.20. The summed E-state index contributed by atoms with van der Waals surface area (Å²) in [7, 11) is 0. The molecule has 0 aliphatic carbocycles. The summed E-state index contributed by atoms with van der Waals surface area (Å²) < 4.78 is 0. The van der Waals surface area contributed by atoms with E-state index in [0.717, 1.165) is 25.2 Å². The van der Waals surface area contributed by atoms with E-state index in [1.165, 1.54) is 18.4 Å². The highest BCUT2D eigenvalue weighted by atomic mass is 16.2. The SMILES string of the molecule is CCN(CC1CCCN1)C(=O)Cc1ccccc1C. The van der Waals surface area contributed by atoms with Crippen LogP contribution in [0.4, 0.5) is 0 Å². The van der Waals surface area contributed by atoms with E-state index in [0.29, 0.717) is 12.5 Å². The Morgan fingerprint density at radius 2 is 2.21 bits per heavy atom. The summed E-state index contributed by atoms with van der Waals surface area (Å²) in [5.74, 6) is 0.241. The molecular formula is C16H24N2O. The van der Waals surface area contributed by atoms with E-state index >= 15 is 0 Å². The van der Waals surface area contributed by atoms with Crippen LogP contribution >= 0.6 is 0 Å². The lowest BCUT2D eigenvalue weighted by atomic mass is 10.1. The van der Waals surface area contributed by atoms with E-state index in [1.54, 1.807) is 0 Å². The van der Waals surface area contributed by atoms with Gasteiger partial charge in [0.05, 0.1) is 6.42 Å². The van der Waals surface area contributed by atoms with Crippen LogP contribution in [0.1, 0.15) is 30.9 Å². The van der Waals surface area contributed by atoms with Crippen LogP contribution in [0.15, 0.2) is 24.3 Å². The van der Waals surface area contributed by atoms with Crippen LogP contribution in [-0.4, -0.2) is 36.5 Å². The first-order valence-electron chi connectivity index (χ1n) is 7.26. The Bertz CT molecular complexity index is 425. The van der Waals surface area contributed by atoms with Gasteiger partial charge in [-0.1, -0.05) is 24.3 Å². The highest BCUT2D eigenvalue weighted by Gasteiger charge is 2.20. The zero-order valence-electron chi connectivity index (χ0n) is 12.0. The van der Waals surface area contributed by atoms with Gasteiger partial charge in [0.25, 0.3) is 0 Å². The maximum Gasteiger partial charge on any atom is 0.227 e. The van der Waals surface area contributed by atoms with Gasteiger partial charge in [-0.3, -0.25) is 4.79 Å². The lowest BCUT2D eigenvalue weighted by Crippen LogP contribution is -2.41. The van der Waals surface area contributed by atoms with Crippen LogP contribution in [0.2, 0.25) is 0 Å². The number of hydrogen-bond donors (Lipinski definition) is 1. The van der Waals surface area contributed by atoms with Crippen molar-refractivity contribution in [1.82, 2.24) is 10.2 Å². The number of hydrogen-bond acceptors (Lipinski definition) is 2. The second-order valence-corrected chi connectivity index (χ2v) is 5.33.